The lowest BCUT2D eigenvalue weighted by molar-refractivity contribution is -0.118. The summed E-state index contributed by atoms with van der Waals surface area (Å²) in [7, 11) is 1.59. The minimum absolute atomic E-state index is 0.0681. The first-order chi connectivity index (χ1) is 9.43. The number of amides is 2. The molecule has 2 amide bonds. The summed E-state index contributed by atoms with van der Waals surface area (Å²) >= 11 is 0. The number of methoxy groups -OCH3 is 1. The standard InChI is InChI=1S/C15H22N2O3/c1-10(2)14(18)17-13-7-5-6-12(8-13)15(19)16-11(3)9-20-4/h5-8,10-11H,9H2,1-4H3,(H,16,19)(H,17,18). The molecule has 0 saturated carbocycles. The third kappa shape index (κ3) is 5.01. The zero-order chi connectivity index (χ0) is 15.1. The molecule has 0 aliphatic heterocycles. The molecule has 0 saturated heterocycles. The molecule has 0 heterocycles. The van der Waals surface area contributed by atoms with Crippen LogP contribution in [-0.2, 0) is 9.53 Å². The van der Waals surface area contributed by atoms with Crippen LogP contribution in [0.4, 0.5) is 5.69 Å². The van der Waals surface area contributed by atoms with Gasteiger partial charge in [0, 0.05) is 30.3 Å². The fourth-order valence-corrected chi connectivity index (χ4v) is 1.62. The number of ether oxygens (including phenoxy) is 1. The summed E-state index contributed by atoms with van der Waals surface area (Å²) in [5.41, 5.74) is 1.13. The van der Waals surface area contributed by atoms with Gasteiger partial charge in [-0.3, -0.25) is 9.59 Å². The van der Waals surface area contributed by atoms with E-state index in [0.29, 0.717) is 17.9 Å². The Kier molecular flexibility index (Phi) is 6.18. The van der Waals surface area contributed by atoms with E-state index in [1.165, 1.54) is 0 Å². The summed E-state index contributed by atoms with van der Waals surface area (Å²) in [6, 6.07) is 6.80. The second-order valence-electron chi connectivity index (χ2n) is 5.05. The van der Waals surface area contributed by atoms with Crippen LogP contribution in [0.5, 0.6) is 0 Å². The molecule has 0 aliphatic rings. The van der Waals surface area contributed by atoms with Gasteiger partial charge < -0.3 is 15.4 Å². The SMILES string of the molecule is COCC(C)NC(=O)c1cccc(NC(=O)C(C)C)c1. The van der Waals surface area contributed by atoms with Gasteiger partial charge in [0.15, 0.2) is 0 Å². The van der Waals surface area contributed by atoms with Crippen molar-refractivity contribution in [1.82, 2.24) is 5.32 Å². The fourth-order valence-electron chi connectivity index (χ4n) is 1.62. The van der Waals surface area contributed by atoms with Gasteiger partial charge >= 0.3 is 0 Å². The van der Waals surface area contributed by atoms with E-state index >= 15 is 0 Å². The smallest absolute Gasteiger partial charge is 0.251 e. The van der Waals surface area contributed by atoms with Gasteiger partial charge in [-0.2, -0.15) is 0 Å². The Morgan fingerprint density at radius 2 is 1.95 bits per heavy atom. The highest BCUT2D eigenvalue weighted by Gasteiger charge is 2.11. The van der Waals surface area contributed by atoms with Gasteiger partial charge in [-0.05, 0) is 25.1 Å². The number of hydrogen-bond acceptors (Lipinski definition) is 3. The maximum atomic E-state index is 12.0. The van der Waals surface area contributed by atoms with Crippen molar-refractivity contribution in [3.05, 3.63) is 29.8 Å². The lowest BCUT2D eigenvalue weighted by Gasteiger charge is -2.13. The Hall–Kier alpha value is -1.88. The monoisotopic (exact) mass is 278 g/mol. The number of nitrogens with one attached hydrogen (secondary N) is 2. The van der Waals surface area contributed by atoms with E-state index in [4.69, 9.17) is 4.74 Å². The molecule has 0 aliphatic carbocycles. The van der Waals surface area contributed by atoms with Crippen LogP contribution in [0.2, 0.25) is 0 Å². The molecule has 1 atom stereocenters. The first kappa shape index (κ1) is 16.2. The minimum atomic E-state index is -0.185. The van der Waals surface area contributed by atoms with E-state index in [-0.39, 0.29) is 23.8 Å². The Labute approximate surface area is 119 Å². The number of anilines is 1. The molecule has 110 valence electrons. The lowest BCUT2D eigenvalue weighted by atomic mass is 10.1. The highest BCUT2D eigenvalue weighted by Crippen LogP contribution is 2.12. The van der Waals surface area contributed by atoms with Crippen LogP contribution >= 0.6 is 0 Å². The molecule has 0 radical (unpaired) electrons. The second-order valence-corrected chi connectivity index (χ2v) is 5.05. The van der Waals surface area contributed by atoms with Gasteiger partial charge in [0.1, 0.15) is 0 Å². The van der Waals surface area contributed by atoms with Crippen molar-refractivity contribution in [2.75, 3.05) is 19.0 Å². The molecule has 1 aromatic rings. The molecule has 1 unspecified atom stereocenters. The molecule has 2 N–H and O–H groups in total. The third-order valence-corrected chi connectivity index (χ3v) is 2.71. The van der Waals surface area contributed by atoms with Crippen molar-refractivity contribution in [3.8, 4) is 0 Å². The van der Waals surface area contributed by atoms with Crippen LogP contribution in [0.25, 0.3) is 0 Å². The quantitative estimate of drug-likeness (QED) is 0.837. The van der Waals surface area contributed by atoms with Gasteiger partial charge in [0.2, 0.25) is 5.91 Å². The predicted octanol–water partition coefficient (Wildman–Crippen LogP) is 2.05. The molecule has 0 aromatic heterocycles. The Balaban J connectivity index is 2.72. The first-order valence-corrected chi connectivity index (χ1v) is 6.64. The highest BCUT2D eigenvalue weighted by atomic mass is 16.5. The molecular formula is C15H22N2O3. The summed E-state index contributed by atoms with van der Waals surface area (Å²) < 4.78 is 4.97. The largest absolute Gasteiger partial charge is 0.383 e. The van der Waals surface area contributed by atoms with E-state index in [2.05, 4.69) is 10.6 Å². The molecule has 0 spiro atoms. The average molecular weight is 278 g/mol. The Morgan fingerprint density at radius 1 is 1.25 bits per heavy atom. The molecule has 1 rings (SSSR count). The summed E-state index contributed by atoms with van der Waals surface area (Å²) in [6.45, 7) is 5.96. The van der Waals surface area contributed by atoms with Gasteiger partial charge in [0.25, 0.3) is 5.91 Å². The van der Waals surface area contributed by atoms with E-state index in [1.807, 2.05) is 20.8 Å². The van der Waals surface area contributed by atoms with Crippen molar-refractivity contribution in [2.24, 2.45) is 5.92 Å². The van der Waals surface area contributed by atoms with Crippen molar-refractivity contribution < 1.29 is 14.3 Å². The predicted molar refractivity (Wildman–Crippen MR) is 78.7 cm³/mol. The first-order valence-electron chi connectivity index (χ1n) is 6.64. The van der Waals surface area contributed by atoms with Gasteiger partial charge in [-0.1, -0.05) is 19.9 Å². The maximum absolute atomic E-state index is 12.0. The van der Waals surface area contributed by atoms with Crippen molar-refractivity contribution in [3.63, 3.8) is 0 Å². The van der Waals surface area contributed by atoms with Crippen molar-refractivity contribution >= 4 is 17.5 Å². The topological polar surface area (TPSA) is 67.4 Å². The van der Waals surface area contributed by atoms with E-state index < -0.39 is 0 Å². The molecule has 0 bridgehead atoms. The number of hydrogen-bond donors (Lipinski definition) is 2. The number of rotatable bonds is 6. The number of carbonyl (C=O) groups is 2. The second kappa shape index (κ2) is 7.65. The van der Waals surface area contributed by atoms with Gasteiger partial charge in [0.05, 0.1) is 6.61 Å². The van der Waals surface area contributed by atoms with Crippen molar-refractivity contribution in [2.45, 2.75) is 26.8 Å². The molecule has 20 heavy (non-hydrogen) atoms. The van der Waals surface area contributed by atoms with Crippen LogP contribution in [0.1, 0.15) is 31.1 Å². The van der Waals surface area contributed by atoms with Crippen LogP contribution in [0, 0.1) is 5.92 Å². The van der Waals surface area contributed by atoms with E-state index in [1.54, 1.807) is 31.4 Å². The molecule has 0 fully saturated rings. The summed E-state index contributed by atoms with van der Waals surface area (Å²) in [4.78, 5) is 23.7. The fraction of sp³-hybridized carbons (Fsp3) is 0.467. The lowest BCUT2D eigenvalue weighted by Crippen LogP contribution is -2.35. The summed E-state index contributed by atoms with van der Waals surface area (Å²) in [6.07, 6.45) is 0. The van der Waals surface area contributed by atoms with E-state index in [9.17, 15) is 9.59 Å². The van der Waals surface area contributed by atoms with Crippen LogP contribution in [0.3, 0.4) is 0 Å². The number of benzene rings is 1. The summed E-state index contributed by atoms with van der Waals surface area (Å²) in [5.74, 6) is -0.361. The van der Waals surface area contributed by atoms with Crippen LogP contribution < -0.4 is 10.6 Å². The average Bonchev–Trinajstić information content (AvgIpc) is 2.39. The van der Waals surface area contributed by atoms with Gasteiger partial charge in [-0.25, -0.2) is 0 Å². The molecule has 5 heteroatoms. The summed E-state index contributed by atoms with van der Waals surface area (Å²) in [5, 5.41) is 5.60. The van der Waals surface area contributed by atoms with Crippen LogP contribution in [-0.4, -0.2) is 31.6 Å². The maximum Gasteiger partial charge on any atom is 0.251 e. The highest BCUT2D eigenvalue weighted by molar-refractivity contribution is 5.97. The number of carbonyl (C=O) groups excluding carboxylic acids is 2. The zero-order valence-electron chi connectivity index (χ0n) is 12.4. The molecule has 1 aromatic carbocycles. The Bertz CT molecular complexity index is 472. The van der Waals surface area contributed by atoms with Crippen molar-refractivity contribution in [1.29, 1.82) is 0 Å². The van der Waals surface area contributed by atoms with Gasteiger partial charge in [-0.15, -0.1) is 0 Å². The molecule has 5 nitrogen and oxygen atoms in total. The minimum Gasteiger partial charge on any atom is -0.383 e. The normalized spacial score (nSPS) is 12.1. The third-order valence-electron chi connectivity index (χ3n) is 2.71. The molecular weight excluding hydrogens is 256 g/mol. The van der Waals surface area contributed by atoms with E-state index in [0.717, 1.165) is 0 Å². The zero-order valence-corrected chi connectivity index (χ0v) is 12.4. The Morgan fingerprint density at radius 3 is 2.55 bits per heavy atom. The van der Waals surface area contributed by atoms with Crippen LogP contribution in [0.15, 0.2) is 24.3 Å².